The summed E-state index contributed by atoms with van der Waals surface area (Å²) in [5.41, 5.74) is 6.66. The van der Waals surface area contributed by atoms with Crippen LogP contribution in [0.4, 0.5) is 13.2 Å². The number of nitrogens with two attached hydrogens (primary N) is 1. The summed E-state index contributed by atoms with van der Waals surface area (Å²) < 4.78 is 38.0. The van der Waals surface area contributed by atoms with E-state index < -0.39 is 17.8 Å². The molecule has 0 aliphatic rings. The summed E-state index contributed by atoms with van der Waals surface area (Å²) in [4.78, 5) is 4.04. The van der Waals surface area contributed by atoms with Crippen molar-refractivity contribution in [2.24, 2.45) is 5.73 Å². The number of rotatable bonds is 2. The minimum absolute atomic E-state index is 0.523. The van der Waals surface area contributed by atoms with E-state index in [0.29, 0.717) is 10.2 Å². The molecule has 0 saturated carbocycles. The summed E-state index contributed by atoms with van der Waals surface area (Å²) in [6, 6.07) is 7.80. The number of hydrogen-bond donors (Lipinski definition) is 1. The van der Waals surface area contributed by atoms with E-state index >= 15 is 0 Å². The third-order valence-electron chi connectivity index (χ3n) is 2.72. The molecule has 0 unspecified atom stereocenters. The molecule has 2 nitrogen and oxygen atoms in total. The zero-order chi connectivity index (χ0) is 14.0. The van der Waals surface area contributed by atoms with E-state index in [4.69, 9.17) is 5.73 Å². The van der Waals surface area contributed by atoms with Gasteiger partial charge in [-0.3, -0.25) is 0 Å². The van der Waals surface area contributed by atoms with Crippen molar-refractivity contribution in [1.29, 1.82) is 0 Å². The molecule has 0 aliphatic carbocycles. The van der Waals surface area contributed by atoms with Crippen LogP contribution in [0.5, 0.6) is 0 Å². The number of alkyl halides is 3. The van der Waals surface area contributed by atoms with Crippen LogP contribution in [-0.2, 0) is 6.18 Å². The predicted octanol–water partition coefficient (Wildman–Crippen LogP) is 3.91. The lowest BCUT2D eigenvalue weighted by molar-refractivity contribution is -0.137. The van der Waals surface area contributed by atoms with Gasteiger partial charge in [-0.15, -0.1) is 0 Å². The number of hydrogen-bond acceptors (Lipinski definition) is 2. The van der Waals surface area contributed by atoms with E-state index in [2.05, 4.69) is 20.9 Å². The van der Waals surface area contributed by atoms with E-state index in [1.54, 1.807) is 18.3 Å². The van der Waals surface area contributed by atoms with Crippen LogP contribution < -0.4 is 5.73 Å². The molecule has 2 N–H and O–H groups in total. The predicted molar refractivity (Wildman–Crippen MR) is 69.4 cm³/mol. The third kappa shape index (κ3) is 3.13. The van der Waals surface area contributed by atoms with Gasteiger partial charge in [-0.2, -0.15) is 13.2 Å². The van der Waals surface area contributed by atoms with Crippen LogP contribution in [0.3, 0.4) is 0 Å². The number of pyridine rings is 1. The van der Waals surface area contributed by atoms with Gasteiger partial charge >= 0.3 is 6.18 Å². The lowest BCUT2D eigenvalue weighted by atomic mass is 10.00. The Morgan fingerprint density at radius 1 is 1.11 bits per heavy atom. The monoisotopic (exact) mass is 330 g/mol. The first kappa shape index (κ1) is 14.0. The van der Waals surface area contributed by atoms with Gasteiger partial charge in [0.15, 0.2) is 0 Å². The topological polar surface area (TPSA) is 38.9 Å². The second kappa shape index (κ2) is 5.30. The largest absolute Gasteiger partial charge is 0.416 e. The Morgan fingerprint density at radius 2 is 1.74 bits per heavy atom. The standard InChI is InChI=1S/C13H10BrF3N2/c14-12-10(2-1-7-19-12)11(18)8-3-5-9(6-4-8)13(15,16)17/h1-7,11H,18H2/t11-/m0/s1. The number of nitrogens with zero attached hydrogens (tertiary/aromatic N) is 1. The molecule has 100 valence electrons. The fraction of sp³-hybridized carbons (Fsp3) is 0.154. The summed E-state index contributed by atoms with van der Waals surface area (Å²) in [6.45, 7) is 0. The van der Waals surface area contributed by atoms with E-state index in [1.807, 2.05) is 0 Å². The van der Waals surface area contributed by atoms with Gasteiger partial charge in [0.1, 0.15) is 4.60 Å². The molecule has 0 aliphatic heterocycles. The van der Waals surface area contributed by atoms with Gasteiger partial charge in [-0.1, -0.05) is 18.2 Å². The van der Waals surface area contributed by atoms with E-state index in [9.17, 15) is 13.2 Å². The van der Waals surface area contributed by atoms with Crippen molar-refractivity contribution in [3.8, 4) is 0 Å². The lowest BCUT2D eigenvalue weighted by Crippen LogP contribution is -2.13. The first-order chi connectivity index (χ1) is 8.89. The highest BCUT2D eigenvalue weighted by Crippen LogP contribution is 2.31. The Labute approximate surface area is 116 Å². The number of halogens is 4. The van der Waals surface area contributed by atoms with Crippen molar-refractivity contribution in [3.05, 3.63) is 63.9 Å². The van der Waals surface area contributed by atoms with Crippen LogP contribution in [0.25, 0.3) is 0 Å². The molecule has 1 heterocycles. The van der Waals surface area contributed by atoms with Crippen LogP contribution in [0, 0.1) is 0 Å². The normalized spacial score (nSPS) is 13.3. The maximum absolute atomic E-state index is 12.5. The van der Waals surface area contributed by atoms with Crippen LogP contribution in [0.2, 0.25) is 0 Å². The van der Waals surface area contributed by atoms with Crippen molar-refractivity contribution >= 4 is 15.9 Å². The molecule has 19 heavy (non-hydrogen) atoms. The van der Waals surface area contributed by atoms with Crippen molar-refractivity contribution < 1.29 is 13.2 Å². The average molecular weight is 331 g/mol. The van der Waals surface area contributed by atoms with Crippen molar-refractivity contribution in [2.45, 2.75) is 12.2 Å². The summed E-state index contributed by atoms with van der Waals surface area (Å²) in [7, 11) is 0. The Balaban J connectivity index is 2.31. The smallest absolute Gasteiger partial charge is 0.320 e. The second-order valence-corrected chi connectivity index (χ2v) is 4.73. The van der Waals surface area contributed by atoms with Crippen LogP contribution in [0.15, 0.2) is 47.2 Å². The van der Waals surface area contributed by atoms with Crippen molar-refractivity contribution in [2.75, 3.05) is 0 Å². The van der Waals surface area contributed by atoms with E-state index in [1.165, 1.54) is 12.1 Å². The molecule has 0 saturated heterocycles. The molecule has 1 aromatic heterocycles. The number of benzene rings is 1. The summed E-state index contributed by atoms with van der Waals surface area (Å²) in [5.74, 6) is 0. The maximum Gasteiger partial charge on any atom is 0.416 e. The van der Waals surface area contributed by atoms with Crippen LogP contribution >= 0.6 is 15.9 Å². The highest BCUT2D eigenvalue weighted by molar-refractivity contribution is 9.10. The van der Waals surface area contributed by atoms with Gasteiger partial charge < -0.3 is 5.73 Å². The molecule has 0 spiro atoms. The molecular weight excluding hydrogens is 321 g/mol. The molecule has 2 rings (SSSR count). The Hall–Kier alpha value is -1.40. The zero-order valence-electron chi connectivity index (χ0n) is 9.66. The number of aromatic nitrogens is 1. The van der Waals surface area contributed by atoms with Gasteiger partial charge in [0.2, 0.25) is 0 Å². The molecular formula is C13H10BrF3N2. The Kier molecular flexibility index (Phi) is 3.91. The highest BCUT2D eigenvalue weighted by atomic mass is 79.9. The molecule has 1 atom stereocenters. The quantitative estimate of drug-likeness (QED) is 0.848. The summed E-state index contributed by atoms with van der Waals surface area (Å²) in [6.07, 6.45) is -2.73. The Bertz CT molecular complexity index is 567. The molecule has 0 amide bonds. The van der Waals surface area contributed by atoms with Crippen molar-refractivity contribution in [1.82, 2.24) is 4.98 Å². The summed E-state index contributed by atoms with van der Waals surface area (Å²) >= 11 is 3.27. The van der Waals surface area contributed by atoms with Gasteiger partial charge in [0.05, 0.1) is 11.6 Å². The first-order valence-corrected chi connectivity index (χ1v) is 6.22. The molecule has 0 bridgehead atoms. The van der Waals surface area contributed by atoms with Crippen LogP contribution in [0.1, 0.15) is 22.7 Å². The van der Waals surface area contributed by atoms with Crippen LogP contribution in [-0.4, -0.2) is 4.98 Å². The SMILES string of the molecule is N[C@@H](c1ccc(C(F)(F)F)cc1)c1cccnc1Br. The van der Waals surface area contributed by atoms with E-state index in [0.717, 1.165) is 17.7 Å². The molecule has 0 fully saturated rings. The van der Waals surface area contributed by atoms with Gasteiger partial charge in [-0.25, -0.2) is 4.98 Å². The third-order valence-corrected chi connectivity index (χ3v) is 3.38. The van der Waals surface area contributed by atoms with Gasteiger partial charge in [0.25, 0.3) is 0 Å². The minimum Gasteiger partial charge on any atom is -0.320 e. The van der Waals surface area contributed by atoms with E-state index in [-0.39, 0.29) is 0 Å². The average Bonchev–Trinajstić information content (AvgIpc) is 2.38. The lowest BCUT2D eigenvalue weighted by Gasteiger charge is -2.14. The van der Waals surface area contributed by atoms with Crippen molar-refractivity contribution in [3.63, 3.8) is 0 Å². The zero-order valence-corrected chi connectivity index (χ0v) is 11.2. The molecule has 0 radical (unpaired) electrons. The summed E-state index contributed by atoms with van der Waals surface area (Å²) in [5, 5.41) is 0. The molecule has 2 aromatic rings. The molecule has 1 aromatic carbocycles. The second-order valence-electron chi connectivity index (χ2n) is 3.98. The highest BCUT2D eigenvalue weighted by Gasteiger charge is 2.30. The maximum atomic E-state index is 12.5. The molecule has 6 heteroatoms. The fourth-order valence-corrected chi connectivity index (χ4v) is 2.19. The van der Waals surface area contributed by atoms with Gasteiger partial charge in [0, 0.05) is 11.8 Å². The first-order valence-electron chi connectivity index (χ1n) is 5.43. The Morgan fingerprint density at radius 3 is 2.26 bits per heavy atom. The minimum atomic E-state index is -4.34. The fourth-order valence-electron chi connectivity index (χ4n) is 1.69. The van der Waals surface area contributed by atoms with Gasteiger partial charge in [-0.05, 0) is 39.7 Å².